The molecule has 1 rings (SSSR count). The SMILES string of the molecule is CCOC(=O)c1ccnc(N(CC(=O)OC(C)(C)C)S(=O)O)c1. The maximum Gasteiger partial charge on any atom is 0.338 e. The quantitative estimate of drug-likeness (QED) is 0.616. The van der Waals surface area contributed by atoms with Gasteiger partial charge in [-0.15, -0.1) is 0 Å². The van der Waals surface area contributed by atoms with E-state index in [-0.39, 0.29) is 18.0 Å². The fourth-order valence-electron chi connectivity index (χ4n) is 1.60. The lowest BCUT2D eigenvalue weighted by molar-refractivity contribution is -0.152. The molecular formula is C14H20N2O6S. The number of carbonyl (C=O) groups excluding carboxylic acids is 2. The monoisotopic (exact) mass is 344 g/mol. The second-order valence-electron chi connectivity index (χ2n) is 5.48. The molecule has 1 aromatic rings. The molecule has 0 radical (unpaired) electrons. The number of aromatic nitrogens is 1. The topological polar surface area (TPSA) is 106 Å². The van der Waals surface area contributed by atoms with Gasteiger partial charge in [0.1, 0.15) is 18.0 Å². The summed E-state index contributed by atoms with van der Waals surface area (Å²) in [6, 6.07) is 2.68. The van der Waals surface area contributed by atoms with Gasteiger partial charge in [-0.05, 0) is 39.8 Å². The van der Waals surface area contributed by atoms with Crippen LogP contribution in [0.5, 0.6) is 0 Å². The van der Waals surface area contributed by atoms with Gasteiger partial charge in [0.25, 0.3) is 11.3 Å². The zero-order chi connectivity index (χ0) is 17.6. The van der Waals surface area contributed by atoms with E-state index in [1.54, 1.807) is 27.7 Å². The van der Waals surface area contributed by atoms with Crippen molar-refractivity contribution in [2.75, 3.05) is 17.5 Å². The Bertz CT molecular complexity index is 599. The molecule has 23 heavy (non-hydrogen) atoms. The number of esters is 2. The van der Waals surface area contributed by atoms with Crippen molar-refractivity contribution < 1.29 is 27.8 Å². The second kappa shape index (κ2) is 8.02. The first-order valence-electron chi connectivity index (χ1n) is 6.87. The highest BCUT2D eigenvalue weighted by Crippen LogP contribution is 2.16. The van der Waals surface area contributed by atoms with Crippen molar-refractivity contribution in [3.05, 3.63) is 23.9 Å². The molecule has 0 spiro atoms. The Kier molecular flexibility index (Phi) is 6.64. The van der Waals surface area contributed by atoms with Crippen molar-refractivity contribution in [1.82, 2.24) is 4.98 Å². The van der Waals surface area contributed by atoms with Crippen LogP contribution in [0.3, 0.4) is 0 Å². The average Bonchev–Trinajstić information content (AvgIpc) is 2.43. The molecule has 1 heterocycles. The van der Waals surface area contributed by atoms with E-state index in [0.29, 0.717) is 0 Å². The van der Waals surface area contributed by atoms with E-state index in [4.69, 9.17) is 9.47 Å². The van der Waals surface area contributed by atoms with E-state index >= 15 is 0 Å². The fraction of sp³-hybridized carbons (Fsp3) is 0.500. The highest BCUT2D eigenvalue weighted by Gasteiger charge is 2.23. The van der Waals surface area contributed by atoms with Crippen LogP contribution in [0, 0.1) is 0 Å². The Morgan fingerprint density at radius 2 is 2.04 bits per heavy atom. The molecule has 0 saturated heterocycles. The van der Waals surface area contributed by atoms with Gasteiger partial charge in [0.2, 0.25) is 0 Å². The number of carbonyl (C=O) groups is 2. The van der Waals surface area contributed by atoms with E-state index < -0.39 is 35.4 Å². The lowest BCUT2D eigenvalue weighted by Gasteiger charge is -2.23. The van der Waals surface area contributed by atoms with Gasteiger partial charge in [0, 0.05) is 6.20 Å². The van der Waals surface area contributed by atoms with Crippen LogP contribution < -0.4 is 4.31 Å². The third kappa shape index (κ3) is 6.33. The van der Waals surface area contributed by atoms with Crippen LogP contribution in [-0.2, 0) is 25.5 Å². The summed E-state index contributed by atoms with van der Waals surface area (Å²) < 4.78 is 31.6. The van der Waals surface area contributed by atoms with Crippen LogP contribution in [0.15, 0.2) is 18.3 Å². The van der Waals surface area contributed by atoms with Crippen LogP contribution in [0.25, 0.3) is 0 Å². The minimum absolute atomic E-state index is 0.0118. The van der Waals surface area contributed by atoms with E-state index in [1.165, 1.54) is 18.3 Å². The van der Waals surface area contributed by atoms with Crippen LogP contribution in [0.1, 0.15) is 38.1 Å². The van der Waals surface area contributed by atoms with Crippen LogP contribution >= 0.6 is 0 Å². The van der Waals surface area contributed by atoms with Crippen molar-refractivity contribution in [1.29, 1.82) is 0 Å². The molecule has 0 bridgehead atoms. The largest absolute Gasteiger partial charge is 0.462 e. The molecule has 8 nitrogen and oxygen atoms in total. The number of pyridine rings is 1. The third-order valence-electron chi connectivity index (χ3n) is 2.39. The molecule has 128 valence electrons. The first kappa shape index (κ1) is 19.0. The number of hydrogen-bond donors (Lipinski definition) is 1. The lowest BCUT2D eigenvalue weighted by atomic mass is 10.2. The summed E-state index contributed by atoms with van der Waals surface area (Å²) in [6.07, 6.45) is 1.29. The van der Waals surface area contributed by atoms with Crippen LogP contribution in [0.2, 0.25) is 0 Å². The first-order chi connectivity index (χ1) is 10.6. The third-order valence-corrected chi connectivity index (χ3v) is 3.09. The summed E-state index contributed by atoms with van der Waals surface area (Å²) in [5.41, 5.74) is -0.559. The van der Waals surface area contributed by atoms with Gasteiger partial charge in [-0.25, -0.2) is 18.3 Å². The Morgan fingerprint density at radius 1 is 1.39 bits per heavy atom. The molecule has 1 N–H and O–H groups in total. The Morgan fingerprint density at radius 3 is 2.57 bits per heavy atom. The van der Waals surface area contributed by atoms with E-state index in [2.05, 4.69) is 4.98 Å². The van der Waals surface area contributed by atoms with Gasteiger partial charge in [-0.1, -0.05) is 0 Å². The average molecular weight is 344 g/mol. The fourth-order valence-corrected chi connectivity index (χ4v) is 2.08. The van der Waals surface area contributed by atoms with E-state index in [0.717, 1.165) is 4.31 Å². The summed E-state index contributed by atoms with van der Waals surface area (Å²) in [6.45, 7) is 6.43. The molecule has 1 unspecified atom stereocenters. The summed E-state index contributed by atoms with van der Waals surface area (Å²) in [4.78, 5) is 27.5. The Hall–Kier alpha value is -2.00. The molecular weight excluding hydrogens is 324 g/mol. The lowest BCUT2D eigenvalue weighted by Crippen LogP contribution is -2.36. The molecule has 0 aliphatic rings. The molecule has 1 atom stereocenters. The Balaban J connectivity index is 2.98. The number of ether oxygens (including phenoxy) is 2. The maximum absolute atomic E-state index is 11.8. The molecule has 9 heteroatoms. The van der Waals surface area contributed by atoms with Gasteiger partial charge in [-0.3, -0.25) is 9.35 Å². The molecule has 0 fully saturated rings. The normalized spacial score (nSPS) is 12.4. The van der Waals surface area contributed by atoms with Crippen molar-refractivity contribution in [3.63, 3.8) is 0 Å². The first-order valence-corrected chi connectivity index (χ1v) is 7.94. The molecule has 1 aromatic heterocycles. The zero-order valence-corrected chi connectivity index (χ0v) is 14.3. The maximum atomic E-state index is 11.8. The predicted molar refractivity (Wildman–Crippen MR) is 84.2 cm³/mol. The molecule has 0 aliphatic heterocycles. The summed E-state index contributed by atoms with van der Waals surface area (Å²) in [7, 11) is 0. The van der Waals surface area contributed by atoms with Gasteiger partial charge in [0.15, 0.2) is 0 Å². The van der Waals surface area contributed by atoms with Gasteiger partial charge in [0.05, 0.1) is 12.2 Å². The number of hydrogen-bond acceptors (Lipinski definition) is 6. The number of anilines is 1. The summed E-state index contributed by atoms with van der Waals surface area (Å²) in [5.74, 6) is -1.29. The number of rotatable bonds is 6. The molecule has 0 aromatic carbocycles. The van der Waals surface area contributed by atoms with E-state index in [9.17, 15) is 18.4 Å². The summed E-state index contributed by atoms with van der Waals surface area (Å²) >= 11 is -2.51. The zero-order valence-electron chi connectivity index (χ0n) is 13.4. The smallest absolute Gasteiger partial charge is 0.338 e. The van der Waals surface area contributed by atoms with Crippen LogP contribution in [-0.4, -0.2) is 44.4 Å². The van der Waals surface area contributed by atoms with Gasteiger partial charge < -0.3 is 9.47 Å². The van der Waals surface area contributed by atoms with Crippen molar-refractivity contribution in [2.45, 2.75) is 33.3 Å². The minimum atomic E-state index is -2.51. The standard InChI is InChI=1S/C14H20N2O6S/c1-5-21-13(18)10-6-7-15-11(8-10)16(23(19)20)9-12(17)22-14(2,3)4/h6-8H,5,9H2,1-4H3,(H,19,20). The Labute approximate surface area is 137 Å². The van der Waals surface area contributed by atoms with Crippen molar-refractivity contribution in [3.8, 4) is 0 Å². The highest BCUT2D eigenvalue weighted by molar-refractivity contribution is 7.80. The minimum Gasteiger partial charge on any atom is -0.462 e. The van der Waals surface area contributed by atoms with Crippen molar-refractivity contribution in [2.24, 2.45) is 0 Å². The molecule has 0 amide bonds. The van der Waals surface area contributed by atoms with Gasteiger partial charge in [-0.2, -0.15) is 0 Å². The number of nitrogens with zero attached hydrogens (tertiary/aromatic N) is 2. The van der Waals surface area contributed by atoms with Crippen LogP contribution in [0.4, 0.5) is 5.82 Å². The van der Waals surface area contributed by atoms with Crippen molar-refractivity contribution >= 4 is 29.0 Å². The van der Waals surface area contributed by atoms with Gasteiger partial charge >= 0.3 is 11.9 Å². The van der Waals surface area contributed by atoms with E-state index in [1.807, 2.05) is 0 Å². The highest BCUT2D eigenvalue weighted by atomic mass is 32.2. The predicted octanol–water partition coefficient (Wildman–Crippen LogP) is 1.54. The summed E-state index contributed by atoms with van der Waals surface area (Å²) in [5, 5.41) is 0. The molecule has 0 aliphatic carbocycles. The molecule has 0 saturated carbocycles. The second-order valence-corrected chi connectivity index (χ2v) is 6.38.